The number of hydrogen-bond acceptors (Lipinski definition) is 2. The van der Waals surface area contributed by atoms with Crippen LogP contribution in [0.25, 0.3) is 0 Å². The van der Waals surface area contributed by atoms with Gasteiger partial charge in [-0.1, -0.05) is 0 Å². The highest BCUT2D eigenvalue weighted by molar-refractivity contribution is 5.80. The van der Waals surface area contributed by atoms with Crippen LogP contribution in [0.2, 0.25) is 0 Å². The molecule has 0 spiro atoms. The summed E-state index contributed by atoms with van der Waals surface area (Å²) in [6, 6.07) is 0. The van der Waals surface area contributed by atoms with Crippen LogP contribution in [0.15, 0.2) is 0 Å². The Balaban J connectivity index is 3.30. The van der Waals surface area contributed by atoms with Crippen LogP contribution in [-0.2, 0) is 9.59 Å². The number of amides is 2. The highest BCUT2D eigenvalue weighted by Gasteiger charge is 2.01. The monoisotopic (exact) mass is 161 g/mol. The molecule has 0 aromatic carbocycles. The lowest BCUT2D eigenvalue weighted by molar-refractivity contribution is -0.128. The van der Waals surface area contributed by atoms with Gasteiger partial charge in [-0.3, -0.25) is 14.0 Å². The van der Waals surface area contributed by atoms with E-state index in [1.165, 1.54) is 6.92 Å². The Labute approximate surface area is 64.1 Å². The Bertz CT molecular complexity index is 150. The normalized spacial score (nSPS) is 8.91. The van der Waals surface area contributed by atoms with E-state index >= 15 is 0 Å². The fourth-order valence-corrected chi connectivity index (χ4v) is 0.424. The molecule has 0 fully saturated rings. The zero-order valence-electron chi connectivity index (χ0n) is 6.26. The average molecular weight is 161 g/mol. The molecule has 0 aliphatic rings. The van der Waals surface area contributed by atoms with Gasteiger partial charge in [0.2, 0.25) is 5.91 Å². The third-order valence-corrected chi connectivity index (χ3v) is 0.876. The smallest absolute Gasteiger partial charge is 0.259 e. The minimum atomic E-state index is -0.534. The molecule has 0 atom stereocenters. The van der Waals surface area contributed by atoms with Gasteiger partial charge < -0.3 is 0 Å². The SMILES string of the molecule is CC(=O)[N]NC(=O)CCCF. The van der Waals surface area contributed by atoms with E-state index < -0.39 is 18.5 Å². The predicted octanol–water partition coefficient (Wildman–Crippen LogP) is -0.0818. The van der Waals surface area contributed by atoms with Gasteiger partial charge in [0.15, 0.2) is 0 Å². The first kappa shape index (κ1) is 9.87. The van der Waals surface area contributed by atoms with Gasteiger partial charge in [0.1, 0.15) is 0 Å². The molecule has 2 amide bonds. The van der Waals surface area contributed by atoms with Crippen LogP contribution in [0, 0.1) is 0 Å². The van der Waals surface area contributed by atoms with Crippen molar-refractivity contribution in [3.05, 3.63) is 0 Å². The fourth-order valence-electron chi connectivity index (χ4n) is 0.424. The van der Waals surface area contributed by atoms with E-state index in [-0.39, 0.29) is 12.8 Å². The van der Waals surface area contributed by atoms with Gasteiger partial charge in [-0.15, -0.1) is 5.43 Å². The minimum Gasteiger partial charge on any atom is -0.273 e. The molecule has 63 valence electrons. The van der Waals surface area contributed by atoms with Crippen LogP contribution in [0.3, 0.4) is 0 Å². The molecule has 0 unspecified atom stereocenters. The van der Waals surface area contributed by atoms with E-state index in [9.17, 15) is 14.0 Å². The van der Waals surface area contributed by atoms with Gasteiger partial charge in [0.25, 0.3) is 5.91 Å². The van der Waals surface area contributed by atoms with Crippen LogP contribution in [0.4, 0.5) is 4.39 Å². The highest BCUT2D eigenvalue weighted by atomic mass is 19.1. The summed E-state index contributed by atoms with van der Waals surface area (Å²) in [6.07, 6.45) is 0.229. The molecule has 1 N–H and O–H groups in total. The van der Waals surface area contributed by atoms with Gasteiger partial charge in [-0.05, 0) is 6.42 Å². The van der Waals surface area contributed by atoms with Gasteiger partial charge in [-0.2, -0.15) is 0 Å². The molecule has 0 bridgehead atoms. The Hall–Kier alpha value is -1.13. The third kappa shape index (κ3) is 6.76. The predicted molar refractivity (Wildman–Crippen MR) is 36.2 cm³/mol. The van der Waals surface area contributed by atoms with Gasteiger partial charge >= 0.3 is 0 Å². The number of nitrogens with zero attached hydrogens (tertiary/aromatic N) is 1. The van der Waals surface area contributed by atoms with E-state index in [1.807, 2.05) is 5.43 Å². The zero-order valence-corrected chi connectivity index (χ0v) is 6.26. The lowest BCUT2D eigenvalue weighted by Crippen LogP contribution is -2.33. The summed E-state index contributed by atoms with van der Waals surface area (Å²) in [6.45, 7) is 0.683. The summed E-state index contributed by atoms with van der Waals surface area (Å²) in [5.41, 5.74) is 5.10. The van der Waals surface area contributed by atoms with E-state index in [0.717, 1.165) is 0 Å². The Kier molecular flexibility index (Phi) is 5.06. The zero-order chi connectivity index (χ0) is 8.69. The Morgan fingerprint density at radius 1 is 1.55 bits per heavy atom. The van der Waals surface area contributed by atoms with Crippen molar-refractivity contribution >= 4 is 11.8 Å². The summed E-state index contributed by atoms with van der Waals surface area (Å²) >= 11 is 0. The number of carbonyl (C=O) groups is 2. The molecular formula is C6H10FN2O2. The molecule has 0 aromatic heterocycles. The number of hydrogen-bond donors (Lipinski definition) is 1. The van der Waals surface area contributed by atoms with Crippen LogP contribution >= 0.6 is 0 Å². The second-order valence-corrected chi connectivity index (χ2v) is 1.96. The fraction of sp³-hybridized carbons (Fsp3) is 0.667. The maximum atomic E-state index is 11.5. The van der Waals surface area contributed by atoms with Gasteiger partial charge in [0.05, 0.1) is 6.67 Å². The number of halogens is 1. The van der Waals surface area contributed by atoms with Crippen molar-refractivity contribution < 1.29 is 14.0 Å². The van der Waals surface area contributed by atoms with Crippen LogP contribution < -0.4 is 10.9 Å². The number of rotatable bonds is 3. The van der Waals surface area contributed by atoms with E-state index in [0.29, 0.717) is 0 Å². The molecule has 11 heavy (non-hydrogen) atoms. The number of nitrogens with one attached hydrogen (secondary N) is 1. The number of alkyl halides is 1. The average Bonchev–Trinajstić information content (AvgIpc) is 1.97. The first-order valence-electron chi connectivity index (χ1n) is 3.23. The van der Waals surface area contributed by atoms with Crippen LogP contribution in [-0.4, -0.2) is 18.5 Å². The van der Waals surface area contributed by atoms with E-state index in [2.05, 4.69) is 5.43 Å². The molecule has 0 saturated carbocycles. The highest BCUT2D eigenvalue weighted by Crippen LogP contribution is 1.87. The van der Waals surface area contributed by atoms with Gasteiger partial charge in [-0.25, -0.2) is 5.43 Å². The molecule has 0 heterocycles. The lowest BCUT2D eigenvalue weighted by Gasteiger charge is -1.98. The molecule has 5 heteroatoms. The van der Waals surface area contributed by atoms with Crippen molar-refractivity contribution in [1.82, 2.24) is 10.9 Å². The Morgan fingerprint density at radius 2 is 2.18 bits per heavy atom. The minimum absolute atomic E-state index is 0.0628. The first-order chi connectivity index (χ1) is 5.16. The van der Waals surface area contributed by atoms with Gasteiger partial charge in [0, 0.05) is 13.3 Å². The van der Waals surface area contributed by atoms with Crippen molar-refractivity contribution in [2.24, 2.45) is 0 Å². The van der Waals surface area contributed by atoms with Crippen LogP contribution in [0.5, 0.6) is 0 Å². The quantitative estimate of drug-likeness (QED) is 0.588. The summed E-state index contributed by atoms with van der Waals surface area (Å²) < 4.78 is 11.5. The topological polar surface area (TPSA) is 60.3 Å². The molecule has 0 aromatic rings. The second kappa shape index (κ2) is 5.64. The molecule has 0 saturated heterocycles. The molecule has 4 nitrogen and oxygen atoms in total. The van der Waals surface area contributed by atoms with Crippen molar-refractivity contribution in [2.45, 2.75) is 19.8 Å². The largest absolute Gasteiger partial charge is 0.273 e. The summed E-state index contributed by atoms with van der Waals surface area (Å²) in [5.74, 6) is -0.906. The molecular weight excluding hydrogens is 151 g/mol. The van der Waals surface area contributed by atoms with Crippen molar-refractivity contribution in [1.29, 1.82) is 0 Å². The van der Waals surface area contributed by atoms with Crippen LogP contribution in [0.1, 0.15) is 19.8 Å². The van der Waals surface area contributed by atoms with Crippen molar-refractivity contribution in [3.8, 4) is 0 Å². The second-order valence-electron chi connectivity index (χ2n) is 1.96. The molecule has 1 radical (unpaired) electrons. The maximum absolute atomic E-state index is 11.5. The number of carbonyl (C=O) groups excluding carboxylic acids is 2. The van der Waals surface area contributed by atoms with Crippen molar-refractivity contribution in [3.63, 3.8) is 0 Å². The molecule has 0 rings (SSSR count). The lowest BCUT2D eigenvalue weighted by atomic mass is 10.3. The third-order valence-electron chi connectivity index (χ3n) is 0.876. The maximum Gasteiger partial charge on any atom is 0.259 e. The van der Waals surface area contributed by atoms with Crippen molar-refractivity contribution in [2.75, 3.05) is 6.67 Å². The standard InChI is InChI=1S/C6H10FN2O2/c1-5(10)8-9-6(11)3-2-4-7/h2-4H2,1H3,(H,9,11). The summed E-state index contributed by atoms with van der Waals surface area (Å²) in [7, 11) is 0. The Morgan fingerprint density at radius 3 is 2.64 bits per heavy atom. The summed E-state index contributed by atoms with van der Waals surface area (Å²) in [4.78, 5) is 20.7. The summed E-state index contributed by atoms with van der Waals surface area (Å²) in [5, 5.41) is 0. The molecule has 0 aliphatic carbocycles. The van der Waals surface area contributed by atoms with E-state index in [4.69, 9.17) is 0 Å². The first-order valence-corrected chi connectivity index (χ1v) is 3.23. The molecule has 0 aliphatic heterocycles. The van der Waals surface area contributed by atoms with E-state index in [1.54, 1.807) is 0 Å².